The van der Waals surface area contributed by atoms with Crippen LogP contribution in [-0.4, -0.2) is 28.0 Å². The molecule has 3 rings (SSSR count). The third-order valence-electron chi connectivity index (χ3n) is 2.71. The summed E-state index contributed by atoms with van der Waals surface area (Å²) in [5.41, 5.74) is 2.25. The molecule has 4 heteroatoms. The number of hydrogen-bond acceptors (Lipinski definition) is 1. The van der Waals surface area contributed by atoms with Crippen LogP contribution in [-0.2, 0) is 6.61 Å². The first-order chi connectivity index (χ1) is 8.42. The van der Waals surface area contributed by atoms with Gasteiger partial charge in [0.25, 0.3) is 0 Å². The molecule has 0 bridgehead atoms. The van der Waals surface area contributed by atoms with E-state index in [0.29, 0.717) is 6.61 Å². The Bertz CT molecular complexity index is 624. The number of benzene rings is 2. The third-order valence-corrected chi connectivity index (χ3v) is 2.71. The van der Waals surface area contributed by atoms with Crippen molar-refractivity contribution in [3.63, 3.8) is 0 Å². The normalized spacial score (nSPS) is 9.47. The van der Waals surface area contributed by atoms with Gasteiger partial charge >= 0.3 is 23.1 Å². The number of aromatic amines is 1. The summed E-state index contributed by atoms with van der Waals surface area (Å²) in [4.78, 5) is 3.04. The van der Waals surface area contributed by atoms with Crippen LogP contribution in [0.15, 0.2) is 54.6 Å². The monoisotopic (exact) mass is 325 g/mol. The smallest absolute Gasteiger partial charge is 1.00 e. The summed E-state index contributed by atoms with van der Waals surface area (Å²) in [5, 5.41) is 1.12. The fourth-order valence-electron chi connectivity index (χ4n) is 1.80. The molecule has 19 heavy (non-hydrogen) atoms. The van der Waals surface area contributed by atoms with Gasteiger partial charge in [-0.2, -0.15) is 11.5 Å². The fourth-order valence-corrected chi connectivity index (χ4v) is 1.80. The Morgan fingerprint density at radius 1 is 1.05 bits per heavy atom. The topological polar surface area (TPSA) is 25.0 Å². The van der Waals surface area contributed by atoms with E-state index in [1.165, 1.54) is 5.56 Å². The Labute approximate surface area is 139 Å². The van der Waals surface area contributed by atoms with Crippen LogP contribution >= 0.6 is 0 Å². The minimum atomic E-state index is 0. The van der Waals surface area contributed by atoms with Crippen molar-refractivity contribution in [2.24, 2.45) is 0 Å². The van der Waals surface area contributed by atoms with Gasteiger partial charge in [-0.25, -0.2) is 0 Å². The van der Waals surface area contributed by atoms with Gasteiger partial charge in [0.1, 0.15) is 12.4 Å². The number of fused-ring (bicyclic) bond motifs is 1. The van der Waals surface area contributed by atoms with E-state index in [1.54, 1.807) is 0 Å². The van der Waals surface area contributed by atoms with Crippen LogP contribution in [0.3, 0.4) is 0 Å². The molecule has 0 amide bonds. The van der Waals surface area contributed by atoms with Gasteiger partial charge in [-0.05, 0) is 11.6 Å². The predicted molar refractivity (Wildman–Crippen MR) is 73.7 cm³/mol. The van der Waals surface area contributed by atoms with Gasteiger partial charge in [-0.15, -0.1) is 17.8 Å². The number of H-pyrrole nitrogens is 1. The summed E-state index contributed by atoms with van der Waals surface area (Å²) in [6.07, 6.45) is 2.96. The zero-order valence-electron chi connectivity index (χ0n) is 10.4. The van der Waals surface area contributed by atoms with Crippen LogP contribution in [0.25, 0.3) is 10.9 Å². The van der Waals surface area contributed by atoms with Crippen molar-refractivity contribution in [3.8, 4) is 5.75 Å². The van der Waals surface area contributed by atoms with Crippen LogP contribution in [0, 0.1) is 6.20 Å². The zero-order chi connectivity index (χ0) is 11.5. The van der Waals surface area contributed by atoms with Crippen molar-refractivity contribution < 1.29 is 21.7 Å². The zero-order valence-corrected chi connectivity index (χ0v) is 13.4. The number of rotatable bonds is 3. The molecule has 0 radical (unpaired) electrons. The summed E-state index contributed by atoms with van der Waals surface area (Å²) in [5.74, 6) is 0.884. The van der Waals surface area contributed by atoms with E-state index in [4.69, 9.17) is 4.74 Å². The van der Waals surface area contributed by atoms with Crippen LogP contribution in [0.2, 0.25) is 0 Å². The number of hydrogen-bond donors (Lipinski definition) is 1. The number of halogens is 1. The maximum Gasteiger partial charge on any atom is 2.00 e. The maximum atomic E-state index is 5.74. The molecule has 0 aliphatic carbocycles. The maximum absolute atomic E-state index is 5.74. The molecule has 0 saturated carbocycles. The molecule has 1 N–H and O–H groups in total. The average molecular weight is 326 g/mol. The van der Waals surface area contributed by atoms with Gasteiger partial charge in [0.05, 0.1) is 0 Å². The molecule has 0 atom stereocenters. The molecule has 0 fully saturated rings. The Morgan fingerprint density at radius 3 is 2.63 bits per heavy atom. The summed E-state index contributed by atoms with van der Waals surface area (Å²) in [6, 6.07) is 18.1. The van der Waals surface area contributed by atoms with E-state index in [-0.39, 0.29) is 40.0 Å². The SMILES string of the molecule is [Br-].[Mg+2].[c-]1cc2cc(OCc3ccccc3)ccc2[nH]1. The van der Waals surface area contributed by atoms with E-state index in [9.17, 15) is 0 Å². The number of aromatic nitrogens is 1. The quantitative estimate of drug-likeness (QED) is 0.539. The molecule has 0 aliphatic rings. The molecule has 0 spiro atoms. The number of nitrogens with one attached hydrogen (secondary N) is 1. The molecule has 0 aliphatic heterocycles. The predicted octanol–water partition coefficient (Wildman–Crippen LogP) is 0.170. The molecule has 0 unspecified atom stereocenters. The van der Waals surface area contributed by atoms with E-state index < -0.39 is 0 Å². The summed E-state index contributed by atoms with van der Waals surface area (Å²) < 4.78 is 5.74. The number of ether oxygens (including phenoxy) is 1. The van der Waals surface area contributed by atoms with Gasteiger partial charge in [-0.3, -0.25) is 0 Å². The summed E-state index contributed by atoms with van der Waals surface area (Å²) in [7, 11) is 0. The van der Waals surface area contributed by atoms with Gasteiger partial charge < -0.3 is 26.7 Å². The fraction of sp³-hybridized carbons (Fsp3) is 0.0667. The second kappa shape index (κ2) is 7.58. The Kier molecular flexibility index (Phi) is 6.41. The standard InChI is InChI=1S/C15H12NO.BrH.Mg/c1-2-4-12(5-3-1)11-17-14-6-7-15-13(10-14)8-9-16-15;;/h1-8,10,16H,11H2;1H;/q-1;;+2/p-1. The van der Waals surface area contributed by atoms with Gasteiger partial charge in [0.15, 0.2) is 0 Å². The Balaban J connectivity index is 0.000000902. The second-order valence-corrected chi connectivity index (χ2v) is 3.94. The van der Waals surface area contributed by atoms with Crippen molar-refractivity contribution >= 4 is 34.0 Å². The van der Waals surface area contributed by atoms with Crippen LogP contribution in [0.5, 0.6) is 5.75 Å². The molecule has 1 aromatic heterocycles. The minimum absolute atomic E-state index is 0. The van der Waals surface area contributed by atoms with E-state index in [1.807, 2.05) is 42.5 Å². The third kappa shape index (κ3) is 3.99. The Morgan fingerprint density at radius 2 is 1.84 bits per heavy atom. The van der Waals surface area contributed by atoms with E-state index >= 15 is 0 Å². The van der Waals surface area contributed by atoms with Crippen LogP contribution in [0.4, 0.5) is 0 Å². The summed E-state index contributed by atoms with van der Waals surface area (Å²) >= 11 is 0. The van der Waals surface area contributed by atoms with Crippen LogP contribution in [0.1, 0.15) is 5.56 Å². The first-order valence-corrected chi connectivity index (χ1v) is 5.57. The molecule has 2 nitrogen and oxygen atoms in total. The first-order valence-electron chi connectivity index (χ1n) is 5.57. The second-order valence-electron chi connectivity index (χ2n) is 3.94. The van der Waals surface area contributed by atoms with Crippen molar-refractivity contribution in [1.82, 2.24) is 4.98 Å². The molecular weight excluding hydrogens is 314 g/mol. The summed E-state index contributed by atoms with van der Waals surface area (Å²) in [6.45, 7) is 0.598. The molecule has 92 valence electrons. The van der Waals surface area contributed by atoms with Crippen LogP contribution < -0.4 is 21.7 Å². The molecular formula is C15H12BrMgNO. The molecule has 3 aromatic rings. The van der Waals surface area contributed by atoms with E-state index in [0.717, 1.165) is 16.7 Å². The first kappa shape index (κ1) is 16.1. The molecule has 1 heterocycles. The largest absolute Gasteiger partial charge is 2.00 e. The van der Waals surface area contributed by atoms with Crippen molar-refractivity contribution in [1.29, 1.82) is 0 Å². The van der Waals surface area contributed by atoms with E-state index in [2.05, 4.69) is 23.3 Å². The Hall–Kier alpha value is -0.974. The van der Waals surface area contributed by atoms with Crippen molar-refractivity contribution in [2.45, 2.75) is 6.61 Å². The van der Waals surface area contributed by atoms with Crippen molar-refractivity contribution in [2.75, 3.05) is 0 Å². The minimum Gasteiger partial charge on any atom is -1.00 e. The molecule has 2 aromatic carbocycles. The van der Waals surface area contributed by atoms with Crippen molar-refractivity contribution in [3.05, 3.63) is 66.4 Å². The average Bonchev–Trinajstić information content (AvgIpc) is 2.85. The van der Waals surface area contributed by atoms with Gasteiger partial charge in [-0.1, -0.05) is 36.4 Å². The molecule has 0 saturated heterocycles. The van der Waals surface area contributed by atoms with Gasteiger partial charge in [0.2, 0.25) is 0 Å². The van der Waals surface area contributed by atoms with Gasteiger partial charge in [0, 0.05) is 0 Å².